The van der Waals surface area contributed by atoms with Crippen molar-refractivity contribution in [2.45, 2.75) is 25.7 Å². The maximum Gasteiger partial charge on any atom is 0.132 e. The molecule has 1 aliphatic rings. The lowest BCUT2D eigenvalue weighted by Crippen LogP contribution is -2.31. The van der Waals surface area contributed by atoms with E-state index in [4.69, 9.17) is 0 Å². The van der Waals surface area contributed by atoms with Gasteiger partial charge in [0.05, 0.1) is 5.69 Å². The summed E-state index contributed by atoms with van der Waals surface area (Å²) in [6.07, 6.45) is 2.51. The molecule has 0 amide bonds. The van der Waals surface area contributed by atoms with Gasteiger partial charge in [-0.1, -0.05) is 0 Å². The van der Waals surface area contributed by atoms with Crippen molar-refractivity contribution in [1.82, 2.24) is 14.9 Å². The van der Waals surface area contributed by atoms with Crippen LogP contribution in [0.5, 0.6) is 0 Å². The lowest BCUT2D eigenvalue weighted by molar-refractivity contribution is 0.248. The highest BCUT2D eigenvalue weighted by molar-refractivity contribution is 5.38. The first-order valence-corrected chi connectivity index (χ1v) is 6.27. The quantitative estimate of drug-likeness (QED) is 0.779. The minimum atomic E-state index is 0.564. The van der Waals surface area contributed by atoms with Gasteiger partial charge in [0.25, 0.3) is 0 Å². The van der Waals surface area contributed by atoms with Crippen LogP contribution in [0.1, 0.15) is 30.3 Å². The molecular formula is C13H22N4. The van der Waals surface area contributed by atoms with Gasteiger partial charge in [-0.05, 0) is 33.4 Å². The fourth-order valence-electron chi connectivity index (χ4n) is 2.42. The Kier molecular flexibility index (Phi) is 3.62. The monoisotopic (exact) mass is 234 g/mol. The highest BCUT2D eigenvalue weighted by Gasteiger charge is 2.21. The molecule has 0 bridgehead atoms. The van der Waals surface area contributed by atoms with Crippen molar-refractivity contribution in [2.24, 2.45) is 0 Å². The standard InChI is InChI=1S/C13H22N4/c1-10-14-12(8-13(15-10)16(2)3)11-6-5-7-17(4)9-11/h8,11H,5-7,9H2,1-4H3. The van der Waals surface area contributed by atoms with E-state index >= 15 is 0 Å². The molecule has 0 radical (unpaired) electrons. The second kappa shape index (κ2) is 5.00. The number of nitrogens with zero attached hydrogens (tertiary/aromatic N) is 4. The highest BCUT2D eigenvalue weighted by Crippen LogP contribution is 2.26. The molecule has 1 aromatic rings. The number of aryl methyl sites for hydroxylation is 1. The first-order chi connectivity index (χ1) is 8.06. The van der Waals surface area contributed by atoms with Gasteiger partial charge >= 0.3 is 0 Å². The van der Waals surface area contributed by atoms with E-state index in [0.717, 1.165) is 18.2 Å². The molecule has 1 aromatic heterocycles. The number of hydrogen-bond acceptors (Lipinski definition) is 4. The second-order valence-electron chi connectivity index (χ2n) is 5.19. The average Bonchev–Trinajstić information content (AvgIpc) is 2.28. The number of likely N-dealkylation sites (N-methyl/N-ethyl adjacent to an activating group) is 1. The maximum atomic E-state index is 4.61. The molecule has 1 atom stereocenters. The van der Waals surface area contributed by atoms with Crippen LogP contribution >= 0.6 is 0 Å². The van der Waals surface area contributed by atoms with Gasteiger partial charge in [0.1, 0.15) is 11.6 Å². The summed E-state index contributed by atoms with van der Waals surface area (Å²) >= 11 is 0. The Hall–Kier alpha value is -1.16. The Morgan fingerprint density at radius 3 is 2.76 bits per heavy atom. The summed E-state index contributed by atoms with van der Waals surface area (Å²) in [7, 11) is 6.24. The van der Waals surface area contributed by atoms with Crippen LogP contribution in [0.4, 0.5) is 5.82 Å². The molecule has 0 aliphatic carbocycles. The SMILES string of the molecule is Cc1nc(C2CCCN(C)C2)cc(N(C)C)n1. The molecule has 2 heterocycles. The Bertz CT molecular complexity index is 389. The van der Waals surface area contributed by atoms with Crippen molar-refractivity contribution in [3.8, 4) is 0 Å². The molecule has 0 spiro atoms. The molecule has 4 nitrogen and oxygen atoms in total. The molecule has 1 saturated heterocycles. The fraction of sp³-hybridized carbons (Fsp3) is 0.692. The summed E-state index contributed by atoms with van der Waals surface area (Å²) in [4.78, 5) is 13.5. The van der Waals surface area contributed by atoms with E-state index in [1.807, 2.05) is 25.9 Å². The van der Waals surface area contributed by atoms with Crippen molar-refractivity contribution in [3.05, 3.63) is 17.6 Å². The topological polar surface area (TPSA) is 32.3 Å². The molecule has 1 unspecified atom stereocenters. The lowest BCUT2D eigenvalue weighted by Gasteiger charge is -2.29. The first-order valence-electron chi connectivity index (χ1n) is 6.27. The zero-order chi connectivity index (χ0) is 12.4. The number of rotatable bonds is 2. The molecule has 0 aromatic carbocycles. The predicted octanol–water partition coefficient (Wildman–Crippen LogP) is 1.66. The van der Waals surface area contributed by atoms with Gasteiger partial charge < -0.3 is 9.80 Å². The Balaban J connectivity index is 2.25. The summed E-state index contributed by atoms with van der Waals surface area (Å²) < 4.78 is 0. The number of anilines is 1. The molecule has 4 heteroatoms. The van der Waals surface area contributed by atoms with Gasteiger partial charge in [-0.2, -0.15) is 0 Å². The summed E-state index contributed by atoms with van der Waals surface area (Å²) in [6, 6.07) is 2.14. The smallest absolute Gasteiger partial charge is 0.132 e. The van der Waals surface area contributed by atoms with E-state index in [9.17, 15) is 0 Å². The number of piperidine rings is 1. The lowest BCUT2D eigenvalue weighted by atomic mass is 9.95. The Morgan fingerprint density at radius 1 is 1.35 bits per heavy atom. The van der Waals surface area contributed by atoms with Gasteiger partial charge in [-0.25, -0.2) is 9.97 Å². The minimum Gasteiger partial charge on any atom is -0.363 e. The second-order valence-corrected chi connectivity index (χ2v) is 5.19. The van der Waals surface area contributed by atoms with Crippen LogP contribution in [0, 0.1) is 6.92 Å². The molecule has 0 saturated carbocycles. The van der Waals surface area contributed by atoms with Crippen LogP contribution in [-0.2, 0) is 0 Å². The fourth-order valence-corrected chi connectivity index (χ4v) is 2.42. The van der Waals surface area contributed by atoms with E-state index in [-0.39, 0.29) is 0 Å². The molecule has 1 aliphatic heterocycles. The predicted molar refractivity (Wildman–Crippen MR) is 70.6 cm³/mol. The summed E-state index contributed by atoms with van der Waals surface area (Å²) in [5.41, 5.74) is 1.20. The zero-order valence-electron chi connectivity index (χ0n) is 11.3. The van der Waals surface area contributed by atoms with Gasteiger partial charge in [0, 0.05) is 32.6 Å². The van der Waals surface area contributed by atoms with Crippen LogP contribution in [0.15, 0.2) is 6.07 Å². The normalized spacial score (nSPS) is 21.5. The molecule has 94 valence electrons. The number of hydrogen-bond donors (Lipinski definition) is 0. The third kappa shape index (κ3) is 2.94. The largest absolute Gasteiger partial charge is 0.363 e. The number of likely N-dealkylation sites (tertiary alicyclic amines) is 1. The molecule has 2 rings (SSSR count). The Morgan fingerprint density at radius 2 is 2.12 bits per heavy atom. The third-order valence-electron chi connectivity index (χ3n) is 3.35. The van der Waals surface area contributed by atoms with Crippen molar-refractivity contribution >= 4 is 5.82 Å². The van der Waals surface area contributed by atoms with Gasteiger partial charge in [-0.3, -0.25) is 0 Å². The molecular weight excluding hydrogens is 212 g/mol. The zero-order valence-corrected chi connectivity index (χ0v) is 11.3. The van der Waals surface area contributed by atoms with Gasteiger partial charge in [0.2, 0.25) is 0 Å². The van der Waals surface area contributed by atoms with E-state index < -0.39 is 0 Å². The van der Waals surface area contributed by atoms with Crippen LogP contribution in [-0.4, -0.2) is 49.1 Å². The highest BCUT2D eigenvalue weighted by atomic mass is 15.2. The average molecular weight is 234 g/mol. The van der Waals surface area contributed by atoms with Crippen molar-refractivity contribution < 1.29 is 0 Å². The maximum absolute atomic E-state index is 4.61. The van der Waals surface area contributed by atoms with E-state index in [1.54, 1.807) is 0 Å². The van der Waals surface area contributed by atoms with Crippen LogP contribution < -0.4 is 4.90 Å². The van der Waals surface area contributed by atoms with Crippen LogP contribution in [0.25, 0.3) is 0 Å². The van der Waals surface area contributed by atoms with Crippen molar-refractivity contribution in [1.29, 1.82) is 0 Å². The molecule has 17 heavy (non-hydrogen) atoms. The van der Waals surface area contributed by atoms with Crippen molar-refractivity contribution in [2.75, 3.05) is 39.1 Å². The van der Waals surface area contributed by atoms with Gasteiger partial charge in [0.15, 0.2) is 0 Å². The number of aromatic nitrogens is 2. The summed E-state index contributed by atoms with van der Waals surface area (Å²) in [5, 5.41) is 0. The van der Waals surface area contributed by atoms with Crippen LogP contribution in [0.3, 0.4) is 0 Å². The first kappa shape index (κ1) is 12.3. The van der Waals surface area contributed by atoms with E-state index in [2.05, 4.69) is 28.0 Å². The third-order valence-corrected chi connectivity index (χ3v) is 3.35. The van der Waals surface area contributed by atoms with Crippen molar-refractivity contribution in [3.63, 3.8) is 0 Å². The molecule has 0 N–H and O–H groups in total. The van der Waals surface area contributed by atoms with Gasteiger partial charge in [-0.15, -0.1) is 0 Å². The summed E-state index contributed by atoms with van der Waals surface area (Å²) in [5.74, 6) is 2.45. The Labute approximate surface area is 104 Å². The minimum absolute atomic E-state index is 0.564. The van der Waals surface area contributed by atoms with Crippen LogP contribution in [0.2, 0.25) is 0 Å². The summed E-state index contributed by atoms with van der Waals surface area (Å²) in [6.45, 7) is 4.30. The molecule has 1 fully saturated rings. The van der Waals surface area contributed by atoms with E-state index in [1.165, 1.54) is 25.1 Å². The van der Waals surface area contributed by atoms with E-state index in [0.29, 0.717) is 5.92 Å².